The molecule has 5 heteroatoms. The van der Waals surface area contributed by atoms with Gasteiger partial charge in [0.05, 0.1) is 12.6 Å². The maximum atomic E-state index is 15.3. The number of ketones is 1. The summed E-state index contributed by atoms with van der Waals surface area (Å²) in [6.45, 7) is 5.93. The molecule has 1 amide bonds. The number of aliphatic hydroxyl groups is 1. The van der Waals surface area contributed by atoms with Gasteiger partial charge in [0.2, 0.25) is 0 Å². The molecule has 8 unspecified atom stereocenters. The average molecular weight is 640 g/mol. The van der Waals surface area contributed by atoms with E-state index < -0.39 is 11.0 Å². The summed E-state index contributed by atoms with van der Waals surface area (Å²) in [5.74, 6) is 0.510. The van der Waals surface area contributed by atoms with Crippen molar-refractivity contribution in [1.82, 2.24) is 4.90 Å². The summed E-state index contributed by atoms with van der Waals surface area (Å²) in [7, 11) is 0. The molecule has 6 aliphatic carbocycles. The van der Waals surface area contributed by atoms with Crippen LogP contribution in [-0.2, 0) is 11.3 Å². The molecule has 0 aromatic heterocycles. The van der Waals surface area contributed by atoms with Crippen molar-refractivity contribution in [2.45, 2.75) is 77.0 Å². The number of allylic oxidation sites excluding steroid dienone is 4. The second-order valence-electron chi connectivity index (χ2n) is 16.2. The van der Waals surface area contributed by atoms with Gasteiger partial charge in [-0.2, -0.15) is 0 Å². The average Bonchev–Trinajstić information content (AvgIpc) is 3.58. The molecule has 3 saturated carbocycles. The van der Waals surface area contributed by atoms with Gasteiger partial charge < -0.3 is 9.84 Å². The van der Waals surface area contributed by atoms with Crippen molar-refractivity contribution in [3.8, 4) is 11.1 Å². The van der Waals surface area contributed by atoms with E-state index in [1.54, 1.807) is 0 Å². The third-order valence-corrected chi connectivity index (χ3v) is 14.4. The fraction of sp³-hybridized carbons (Fsp3) is 0.442. The predicted octanol–water partition coefficient (Wildman–Crippen LogP) is 8.79. The van der Waals surface area contributed by atoms with Crippen LogP contribution in [0.4, 0.5) is 4.79 Å². The summed E-state index contributed by atoms with van der Waals surface area (Å²) in [5.41, 5.74) is 2.94. The van der Waals surface area contributed by atoms with E-state index in [0.29, 0.717) is 19.5 Å². The van der Waals surface area contributed by atoms with E-state index in [9.17, 15) is 9.90 Å². The number of amides is 1. The molecule has 3 spiro atoms. The standard InChI is InChI=1S/C43H45NO4/c1-39-20-17-31(45)25-41(39)23-24-43(34(26-41)37(46)33-16-10-9-15-32(33)30-13-7-4-8-14-30)35(39)18-21-40(2)36(43)19-22-42(40)28-44(38(47)48-42)27-29-11-5-3-6-12-29/h3-16,23-24,26,31,35-36,45H,17-22,25,27-28H2,1-2H3. The van der Waals surface area contributed by atoms with Gasteiger partial charge in [-0.15, -0.1) is 0 Å². The highest BCUT2D eigenvalue weighted by molar-refractivity contribution is 6.14. The van der Waals surface area contributed by atoms with Crippen molar-refractivity contribution in [2.75, 3.05) is 6.54 Å². The van der Waals surface area contributed by atoms with Gasteiger partial charge >= 0.3 is 6.09 Å². The molecule has 3 aromatic rings. The minimum absolute atomic E-state index is 0.0630. The molecule has 0 radical (unpaired) electrons. The number of aliphatic hydroxyl groups excluding tert-OH is 1. The van der Waals surface area contributed by atoms with Crippen LogP contribution in [0, 0.1) is 33.5 Å². The number of carbonyl (C=O) groups excluding carboxylic acids is 2. The largest absolute Gasteiger partial charge is 0.440 e. The second-order valence-corrected chi connectivity index (χ2v) is 16.2. The Balaban J connectivity index is 1.17. The van der Waals surface area contributed by atoms with E-state index >= 15 is 4.79 Å². The lowest BCUT2D eigenvalue weighted by atomic mass is 9.32. The van der Waals surface area contributed by atoms with Crippen LogP contribution in [0.1, 0.15) is 74.7 Å². The Bertz CT molecular complexity index is 1870. The third kappa shape index (κ3) is 3.83. The van der Waals surface area contributed by atoms with E-state index in [2.05, 4.69) is 62.4 Å². The minimum Gasteiger partial charge on any atom is -0.440 e. The second kappa shape index (κ2) is 10.3. The molecular weight excluding hydrogens is 594 g/mol. The van der Waals surface area contributed by atoms with Gasteiger partial charge in [0, 0.05) is 33.9 Å². The monoisotopic (exact) mass is 639 g/mol. The topological polar surface area (TPSA) is 66.8 Å². The number of ether oxygens (including phenoxy) is 1. The number of Topliss-reactive ketones (excluding diaryl/α,β-unsaturated/α-hetero) is 1. The molecule has 8 atom stereocenters. The highest BCUT2D eigenvalue weighted by atomic mass is 16.6. The molecule has 2 bridgehead atoms. The van der Waals surface area contributed by atoms with E-state index in [4.69, 9.17) is 4.74 Å². The quantitative estimate of drug-likeness (QED) is 0.224. The van der Waals surface area contributed by atoms with Crippen molar-refractivity contribution in [2.24, 2.45) is 33.5 Å². The lowest BCUT2D eigenvalue weighted by molar-refractivity contribution is -0.164. The summed E-state index contributed by atoms with van der Waals surface area (Å²) in [6.07, 6.45) is 12.6. The molecule has 7 aliphatic rings. The molecule has 1 aliphatic heterocycles. The number of nitrogens with zero attached hydrogens (tertiary/aromatic N) is 1. The lowest BCUT2D eigenvalue weighted by Crippen LogP contribution is -2.67. The molecule has 1 saturated heterocycles. The first kappa shape index (κ1) is 30.1. The summed E-state index contributed by atoms with van der Waals surface area (Å²) >= 11 is 0. The van der Waals surface area contributed by atoms with E-state index in [0.717, 1.165) is 66.4 Å². The first-order chi connectivity index (χ1) is 23.1. The van der Waals surface area contributed by atoms with Gasteiger partial charge in [-0.05, 0) is 78.9 Å². The Morgan fingerprint density at radius 2 is 1.50 bits per heavy atom. The number of rotatable bonds is 5. The number of hydrogen-bond acceptors (Lipinski definition) is 4. The predicted molar refractivity (Wildman–Crippen MR) is 186 cm³/mol. The molecule has 1 N–H and O–H groups in total. The van der Waals surface area contributed by atoms with Crippen molar-refractivity contribution in [1.29, 1.82) is 0 Å². The Labute approximate surface area is 283 Å². The summed E-state index contributed by atoms with van der Waals surface area (Å²) in [5, 5.41) is 11.1. The van der Waals surface area contributed by atoms with Gasteiger partial charge in [-0.25, -0.2) is 4.79 Å². The van der Waals surface area contributed by atoms with Crippen molar-refractivity contribution >= 4 is 11.9 Å². The van der Waals surface area contributed by atoms with Crippen LogP contribution in [0.2, 0.25) is 0 Å². The van der Waals surface area contributed by atoms with Crippen LogP contribution in [0.5, 0.6) is 0 Å². The van der Waals surface area contributed by atoms with E-state index in [-0.39, 0.29) is 46.1 Å². The summed E-state index contributed by atoms with van der Waals surface area (Å²) in [4.78, 5) is 30.8. The summed E-state index contributed by atoms with van der Waals surface area (Å²) < 4.78 is 6.58. The molecule has 246 valence electrons. The molecule has 1 heterocycles. The van der Waals surface area contributed by atoms with Crippen LogP contribution in [0.25, 0.3) is 11.1 Å². The molecular formula is C43H45NO4. The normalized spacial score (nSPS) is 39.1. The lowest BCUT2D eigenvalue weighted by Gasteiger charge is -2.71. The number of hydrogen-bond donors (Lipinski definition) is 1. The first-order valence-corrected chi connectivity index (χ1v) is 18.0. The van der Waals surface area contributed by atoms with Crippen LogP contribution in [0.3, 0.4) is 0 Å². The zero-order valence-corrected chi connectivity index (χ0v) is 28.0. The molecule has 10 rings (SSSR count). The van der Waals surface area contributed by atoms with E-state index in [1.165, 1.54) is 0 Å². The van der Waals surface area contributed by atoms with Gasteiger partial charge in [-0.1, -0.05) is 117 Å². The first-order valence-electron chi connectivity index (χ1n) is 18.0. The van der Waals surface area contributed by atoms with Crippen molar-refractivity contribution in [3.05, 3.63) is 120 Å². The molecule has 3 aromatic carbocycles. The third-order valence-electron chi connectivity index (χ3n) is 14.4. The zero-order valence-electron chi connectivity index (χ0n) is 28.0. The van der Waals surface area contributed by atoms with Gasteiger partial charge in [0.25, 0.3) is 0 Å². The number of fused-ring (bicyclic) bond motifs is 2. The van der Waals surface area contributed by atoms with Gasteiger partial charge in [0.15, 0.2) is 5.78 Å². The van der Waals surface area contributed by atoms with Gasteiger partial charge in [0.1, 0.15) is 5.60 Å². The number of carbonyl (C=O) groups is 2. The van der Waals surface area contributed by atoms with Crippen LogP contribution >= 0.6 is 0 Å². The van der Waals surface area contributed by atoms with Crippen molar-refractivity contribution in [3.63, 3.8) is 0 Å². The Hall–Kier alpha value is -3.96. The van der Waals surface area contributed by atoms with Gasteiger partial charge in [-0.3, -0.25) is 9.69 Å². The Kier molecular flexibility index (Phi) is 6.45. The van der Waals surface area contributed by atoms with E-state index in [1.807, 2.05) is 59.5 Å². The smallest absolute Gasteiger partial charge is 0.410 e. The highest BCUT2D eigenvalue weighted by Gasteiger charge is 2.76. The SMILES string of the molecule is CC12CCC(O)CC13C=CC1(C(C(=O)c4ccccc4-c4ccccc4)=C3)C2CCC2(C)C1CCC21CN(Cc2ccccc2)C(=O)O1. The Morgan fingerprint density at radius 3 is 2.29 bits per heavy atom. The minimum atomic E-state index is -0.594. The van der Waals surface area contributed by atoms with Crippen molar-refractivity contribution < 1.29 is 19.4 Å². The van der Waals surface area contributed by atoms with Crippen LogP contribution in [0.15, 0.2) is 109 Å². The maximum Gasteiger partial charge on any atom is 0.410 e. The Morgan fingerprint density at radius 1 is 0.833 bits per heavy atom. The highest BCUT2D eigenvalue weighted by Crippen LogP contribution is 2.79. The van der Waals surface area contributed by atoms with Crippen LogP contribution in [-0.4, -0.2) is 40.1 Å². The fourth-order valence-electron chi connectivity index (χ4n) is 12.0. The van der Waals surface area contributed by atoms with Crippen LogP contribution < -0.4 is 0 Å². The molecule has 4 fully saturated rings. The molecule has 5 nitrogen and oxygen atoms in total. The molecule has 48 heavy (non-hydrogen) atoms. The summed E-state index contributed by atoms with van der Waals surface area (Å²) in [6, 6.07) is 28.5. The maximum absolute atomic E-state index is 15.3. The number of benzene rings is 3. The fourth-order valence-corrected chi connectivity index (χ4v) is 12.0. The zero-order chi connectivity index (χ0) is 32.9.